The number of rotatable bonds is 2. The van der Waals surface area contributed by atoms with Crippen molar-refractivity contribution in [2.24, 2.45) is 5.92 Å². The number of carbonyl (C=O) groups is 2. The molecule has 0 radical (unpaired) electrons. The molecule has 0 aromatic carbocycles. The largest absolute Gasteiger partial charge is 0.446 e. The molecule has 8 heteroatoms. The Hall–Kier alpha value is -1.31. The molecule has 98 valence electrons. The van der Waals surface area contributed by atoms with Crippen molar-refractivity contribution in [3.05, 3.63) is 0 Å². The highest BCUT2D eigenvalue weighted by Gasteiger charge is 2.63. The molecule has 1 rings (SSSR count). The molecule has 2 atom stereocenters. The van der Waals surface area contributed by atoms with Crippen LogP contribution in [0.2, 0.25) is 0 Å². The molecule has 1 fully saturated rings. The summed E-state index contributed by atoms with van der Waals surface area (Å²) < 4.78 is 37.2. The van der Waals surface area contributed by atoms with Gasteiger partial charge in [0.05, 0.1) is 0 Å². The Kier molecular flexibility index (Phi) is 3.37. The lowest BCUT2D eigenvalue weighted by atomic mass is 9.98. The average Bonchev–Trinajstić information content (AvgIpc) is 2.11. The van der Waals surface area contributed by atoms with Crippen LogP contribution in [0.1, 0.15) is 20.3 Å². The second-order valence-corrected chi connectivity index (χ2v) is 4.35. The summed E-state index contributed by atoms with van der Waals surface area (Å²) in [6.45, 7) is 3.51. The lowest BCUT2D eigenvalue weighted by Gasteiger charge is -2.37. The van der Waals surface area contributed by atoms with Crippen molar-refractivity contribution in [3.63, 3.8) is 0 Å². The standard InChI is InChI=1S/C9H13F3N2O3/c1-4(2)3-5-6(15)14-8(17,7(16)13-5)9(10,11)12/h4-5,17H,3H2,1-2H3,(H,13,16)(H,14,15)/t5-,8?/m0/s1. The van der Waals surface area contributed by atoms with Gasteiger partial charge < -0.3 is 15.7 Å². The van der Waals surface area contributed by atoms with Crippen molar-refractivity contribution in [1.82, 2.24) is 10.6 Å². The molecule has 3 N–H and O–H groups in total. The van der Waals surface area contributed by atoms with Gasteiger partial charge in [0.15, 0.2) is 0 Å². The molecule has 0 bridgehead atoms. The van der Waals surface area contributed by atoms with Gasteiger partial charge in [-0.1, -0.05) is 13.8 Å². The van der Waals surface area contributed by atoms with E-state index in [-0.39, 0.29) is 12.3 Å². The summed E-state index contributed by atoms with van der Waals surface area (Å²) >= 11 is 0. The minimum Gasteiger partial charge on any atom is -0.356 e. The first-order valence-electron chi connectivity index (χ1n) is 5.00. The van der Waals surface area contributed by atoms with Gasteiger partial charge >= 0.3 is 11.9 Å². The van der Waals surface area contributed by atoms with Crippen LogP contribution in [-0.4, -0.2) is 34.9 Å². The van der Waals surface area contributed by atoms with E-state index in [1.165, 1.54) is 5.32 Å². The number of carbonyl (C=O) groups excluding carboxylic acids is 2. The van der Waals surface area contributed by atoms with Crippen LogP contribution >= 0.6 is 0 Å². The second-order valence-electron chi connectivity index (χ2n) is 4.35. The third-order valence-corrected chi connectivity index (χ3v) is 2.37. The number of aliphatic hydroxyl groups is 1. The molecule has 0 aromatic heterocycles. The van der Waals surface area contributed by atoms with Crippen LogP contribution in [0.25, 0.3) is 0 Å². The Labute approximate surface area is 95.4 Å². The minimum atomic E-state index is -5.25. The van der Waals surface area contributed by atoms with E-state index in [9.17, 15) is 22.8 Å². The Morgan fingerprint density at radius 2 is 1.94 bits per heavy atom. The highest BCUT2D eigenvalue weighted by atomic mass is 19.4. The highest BCUT2D eigenvalue weighted by molar-refractivity contribution is 5.99. The fourth-order valence-corrected chi connectivity index (χ4v) is 1.49. The maximum absolute atomic E-state index is 12.4. The molecule has 0 aliphatic carbocycles. The number of nitrogens with one attached hydrogen (secondary N) is 2. The fourth-order valence-electron chi connectivity index (χ4n) is 1.49. The molecule has 1 heterocycles. The van der Waals surface area contributed by atoms with E-state index in [2.05, 4.69) is 0 Å². The topological polar surface area (TPSA) is 78.4 Å². The highest BCUT2D eigenvalue weighted by Crippen LogP contribution is 2.30. The third kappa shape index (κ3) is 2.51. The zero-order chi connectivity index (χ0) is 13.4. The van der Waals surface area contributed by atoms with Crippen LogP contribution < -0.4 is 10.6 Å². The van der Waals surface area contributed by atoms with Gasteiger partial charge in [-0.3, -0.25) is 9.59 Å². The maximum Gasteiger partial charge on any atom is 0.446 e. The summed E-state index contributed by atoms with van der Waals surface area (Å²) in [7, 11) is 0. The normalized spacial score (nSPS) is 30.2. The third-order valence-electron chi connectivity index (χ3n) is 2.37. The summed E-state index contributed by atoms with van der Waals surface area (Å²) in [4.78, 5) is 22.6. The molecule has 0 spiro atoms. The molecule has 1 unspecified atom stereocenters. The summed E-state index contributed by atoms with van der Waals surface area (Å²) in [5.74, 6) is -2.68. The first kappa shape index (κ1) is 13.8. The van der Waals surface area contributed by atoms with E-state index < -0.39 is 29.8 Å². The molecule has 2 amide bonds. The Morgan fingerprint density at radius 1 is 1.41 bits per heavy atom. The monoisotopic (exact) mass is 254 g/mol. The Morgan fingerprint density at radius 3 is 2.35 bits per heavy atom. The number of hydrogen-bond donors (Lipinski definition) is 3. The van der Waals surface area contributed by atoms with Crippen LogP contribution in [0.4, 0.5) is 13.2 Å². The van der Waals surface area contributed by atoms with Crippen molar-refractivity contribution in [2.75, 3.05) is 0 Å². The Bertz CT molecular complexity index is 343. The smallest absolute Gasteiger partial charge is 0.356 e. The number of alkyl halides is 3. The average molecular weight is 254 g/mol. The lowest BCUT2D eigenvalue weighted by Crippen LogP contribution is -2.75. The fraction of sp³-hybridized carbons (Fsp3) is 0.778. The lowest BCUT2D eigenvalue weighted by molar-refractivity contribution is -0.264. The molecule has 1 saturated heterocycles. The van der Waals surface area contributed by atoms with Crippen molar-refractivity contribution in [2.45, 2.75) is 38.2 Å². The predicted molar refractivity (Wildman–Crippen MR) is 50.5 cm³/mol. The van der Waals surface area contributed by atoms with Crippen LogP contribution in [-0.2, 0) is 9.59 Å². The van der Waals surface area contributed by atoms with Gasteiger partial charge in [-0.15, -0.1) is 0 Å². The van der Waals surface area contributed by atoms with E-state index >= 15 is 0 Å². The number of halogens is 3. The maximum atomic E-state index is 12.4. The number of hydrogen-bond acceptors (Lipinski definition) is 3. The molecule has 0 saturated carbocycles. The molecule has 1 aliphatic rings. The number of amides is 2. The minimum absolute atomic E-state index is 0.0168. The molecule has 5 nitrogen and oxygen atoms in total. The second kappa shape index (κ2) is 4.17. The molecular formula is C9H13F3N2O3. The van der Waals surface area contributed by atoms with Gasteiger partial charge in [0.2, 0.25) is 5.91 Å². The number of piperazine rings is 1. The van der Waals surface area contributed by atoms with Crippen LogP contribution in [0.3, 0.4) is 0 Å². The molecule has 1 aliphatic heterocycles. The van der Waals surface area contributed by atoms with Gasteiger partial charge in [-0.2, -0.15) is 13.2 Å². The summed E-state index contributed by atoms with van der Waals surface area (Å²) in [5, 5.41) is 12.3. The quantitative estimate of drug-likeness (QED) is 0.643. The van der Waals surface area contributed by atoms with Crippen LogP contribution in [0.5, 0.6) is 0 Å². The first-order valence-corrected chi connectivity index (χ1v) is 5.00. The van der Waals surface area contributed by atoms with Crippen LogP contribution in [0.15, 0.2) is 0 Å². The van der Waals surface area contributed by atoms with Gasteiger partial charge in [0.1, 0.15) is 6.04 Å². The summed E-state index contributed by atoms with van der Waals surface area (Å²) in [6, 6.07) is -1.05. The molecule has 0 aromatic rings. The summed E-state index contributed by atoms with van der Waals surface area (Å²) in [6.07, 6.45) is -5.05. The SMILES string of the molecule is CC(C)C[C@@H]1NC(=O)C(O)(C(F)(F)F)NC1=O. The van der Waals surface area contributed by atoms with Crippen molar-refractivity contribution >= 4 is 11.8 Å². The van der Waals surface area contributed by atoms with E-state index in [0.717, 1.165) is 0 Å². The zero-order valence-electron chi connectivity index (χ0n) is 9.26. The van der Waals surface area contributed by atoms with Gasteiger partial charge in [-0.05, 0) is 12.3 Å². The predicted octanol–water partition coefficient (Wildman–Crippen LogP) is -0.102. The Balaban J connectivity index is 2.88. The van der Waals surface area contributed by atoms with Crippen LogP contribution in [0, 0.1) is 5.92 Å². The first-order chi connectivity index (χ1) is 7.58. The van der Waals surface area contributed by atoms with Gasteiger partial charge in [0.25, 0.3) is 5.91 Å². The van der Waals surface area contributed by atoms with Gasteiger partial charge in [-0.25, -0.2) is 0 Å². The van der Waals surface area contributed by atoms with Gasteiger partial charge in [0, 0.05) is 0 Å². The van der Waals surface area contributed by atoms with Crippen molar-refractivity contribution < 1.29 is 27.9 Å². The van der Waals surface area contributed by atoms with E-state index in [4.69, 9.17) is 5.11 Å². The van der Waals surface area contributed by atoms with E-state index in [1.807, 2.05) is 5.32 Å². The van der Waals surface area contributed by atoms with Crippen molar-refractivity contribution in [1.29, 1.82) is 0 Å². The van der Waals surface area contributed by atoms with E-state index in [1.54, 1.807) is 13.8 Å². The molecule has 17 heavy (non-hydrogen) atoms. The molecular weight excluding hydrogens is 241 g/mol. The van der Waals surface area contributed by atoms with Crippen molar-refractivity contribution in [3.8, 4) is 0 Å². The van der Waals surface area contributed by atoms with E-state index in [0.29, 0.717) is 0 Å². The summed E-state index contributed by atoms with van der Waals surface area (Å²) in [5.41, 5.74) is -3.84. The zero-order valence-corrected chi connectivity index (χ0v) is 9.26.